The Balaban J connectivity index is 1.39. The third kappa shape index (κ3) is 3.04. The first kappa shape index (κ1) is 20.8. The summed E-state index contributed by atoms with van der Waals surface area (Å²) < 4.78 is 17.4. The number of carbonyl (C=O) groups excluding carboxylic acids is 1. The number of hydrogen-bond acceptors (Lipinski definition) is 8. The van der Waals surface area contributed by atoms with Crippen molar-refractivity contribution in [3.05, 3.63) is 0 Å². The average Bonchev–Trinajstić information content (AvgIpc) is 2.73. The van der Waals surface area contributed by atoms with Gasteiger partial charge in [-0.2, -0.15) is 0 Å². The van der Waals surface area contributed by atoms with Crippen molar-refractivity contribution in [1.29, 1.82) is 0 Å². The fourth-order valence-corrected chi connectivity index (χ4v) is 7.82. The van der Waals surface area contributed by atoms with Gasteiger partial charge in [-0.1, -0.05) is 0 Å². The van der Waals surface area contributed by atoms with Gasteiger partial charge in [-0.05, 0) is 25.7 Å². The Hall–Kier alpha value is -0.810. The molecule has 15 atom stereocenters. The van der Waals surface area contributed by atoms with E-state index in [9.17, 15) is 30.3 Å². The van der Waals surface area contributed by atoms with E-state index in [1.807, 2.05) is 0 Å². The summed E-state index contributed by atoms with van der Waals surface area (Å²) in [5.41, 5.74) is 0. The first-order valence-electron chi connectivity index (χ1n) is 11.8. The predicted octanol–water partition coefficient (Wildman–Crippen LogP) is -1.78. The number of aliphatic hydroxyl groups is 7. The Kier molecular flexibility index (Phi) is 4.92. The zero-order valence-electron chi connectivity index (χ0n) is 17.3. The summed E-state index contributed by atoms with van der Waals surface area (Å²) in [5, 5.41) is 51.9. The van der Waals surface area contributed by atoms with Gasteiger partial charge in [0.1, 0.15) is 6.10 Å². The number of aliphatic hydroxyl groups excluding tert-OH is 5. The van der Waals surface area contributed by atoms with Crippen molar-refractivity contribution in [2.45, 2.75) is 99.6 Å². The second-order valence-electron chi connectivity index (χ2n) is 10.7. The van der Waals surface area contributed by atoms with E-state index in [0.29, 0.717) is 32.1 Å². The molecule has 0 amide bonds. The molecule has 3 saturated heterocycles. The summed E-state index contributed by atoms with van der Waals surface area (Å²) in [6.07, 6.45) is -3.42. The van der Waals surface area contributed by atoms with Gasteiger partial charge in [-0.25, -0.2) is 0 Å². The number of hydrogen-bond donors (Lipinski definition) is 5. The van der Waals surface area contributed by atoms with E-state index in [2.05, 4.69) is 0 Å². The van der Waals surface area contributed by atoms with Crippen LogP contribution < -0.4 is 0 Å². The topological polar surface area (TPSA) is 149 Å². The van der Waals surface area contributed by atoms with Gasteiger partial charge in [0.15, 0.2) is 18.3 Å². The molecular weight excluding hydrogens is 408 g/mol. The zero-order valence-corrected chi connectivity index (χ0v) is 17.3. The molecule has 3 heterocycles. The van der Waals surface area contributed by atoms with Crippen LogP contribution in [-0.4, -0.2) is 97.3 Å². The van der Waals surface area contributed by atoms with Crippen LogP contribution in [0.15, 0.2) is 0 Å². The molecule has 0 spiro atoms. The quantitative estimate of drug-likeness (QED) is 0.237. The van der Waals surface area contributed by atoms with Gasteiger partial charge >= 0.3 is 5.97 Å². The fourth-order valence-electron chi connectivity index (χ4n) is 7.82. The van der Waals surface area contributed by atoms with Crippen molar-refractivity contribution >= 4 is 5.97 Å². The molecule has 0 radical (unpaired) electrons. The van der Waals surface area contributed by atoms with Gasteiger partial charge in [0.05, 0.1) is 48.5 Å². The second-order valence-corrected chi connectivity index (χ2v) is 10.7. The largest absolute Gasteiger partial charge is 0.453 e. The molecule has 3 saturated carbocycles. The summed E-state index contributed by atoms with van der Waals surface area (Å²) >= 11 is 0. The van der Waals surface area contributed by atoms with Crippen molar-refractivity contribution in [2.24, 2.45) is 29.6 Å². The lowest BCUT2D eigenvalue weighted by molar-refractivity contribution is -0.372. The Labute approximate surface area is 180 Å². The van der Waals surface area contributed by atoms with Crippen molar-refractivity contribution in [1.82, 2.24) is 0 Å². The molecule has 9 nitrogen and oxygen atoms in total. The minimum Gasteiger partial charge on any atom is -0.453 e. The van der Waals surface area contributed by atoms with Crippen molar-refractivity contribution in [3.63, 3.8) is 0 Å². The second kappa shape index (κ2) is 7.35. The van der Waals surface area contributed by atoms with Crippen molar-refractivity contribution in [2.75, 3.05) is 0 Å². The van der Waals surface area contributed by atoms with Crippen molar-refractivity contribution in [3.8, 4) is 0 Å². The molecule has 0 aromatic heterocycles. The number of ether oxygens (including phenoxy) is 3. The highest BCUT2D eigenvalue weighted by Crippen LogP contribution is 2.57. The fraction of sp³-hybridized carbons (Fsp3) is 0.955. The standard InChI is InChI=1S/C22H32O9/c23-8-4-13-16-14(5-8)30-20-15-9(6-12(26)18(20)27)22(28)31-21(17(15)16)19(29-13)7-1-2-10(24)11(25)3-7/h7-21,23-27H,1-6H2/p+1. The number of rotatable bonds is 1. The molecule has 3 aliphatic carbocycles. The first-order chi connectivity index (χ1) is 14.8. The van der Waals surface area contributed by atoms with E-state index in [1.54, 1.807) is 0 Å². The van der Waals surface area contributed by atoms with Gasteiger partial charge in [-0.15, -0.1) is 0 Å². The van der Waals surface area contributed by atoms with Crippen LogP contribution in [0.25, 0.3) is 0 Å². The molecule has 6 rings (SSSR count). The van der Waals surface area contributed by atoms with E-state index < -0.39 is 48.6 Å². The van der Waals surface area contributed by atoms with Crippen LogP contribution in [0.3, 0.4) is 0 Å². The summed E-state index contributed by atoms with van der Waals surface area (Å²) in [6, 6.07) is 0. The van der Waals surface area contributed by atoms with Crippen LogP contribution in [-0.2, 0) is 14.3 Å². The van der Waals surface area contributed by atoms with E-state index in [4.69, 9.17) is 14.2 Å². The lowest BCUT2D eigenvalue weighted by atomic mass is 9.54. The molecular formula is C22H33O9+. The lowest BCUT2D eigenvalue weighted by Gasteiger charge is -2.62. The summed E-state index contributed by atoms with van der Waals surface area (Å²) in [7, 11) is 0. The lowest BCUT2D eigenvalue weighted by Crippen LogP contribution is -2.74. The van der Waals surface area contributed by atoms with Crippen molar-refractivity contribution < 1.29 is 44.5 Å². The maximum Gasteiger partial charge on any atom is 0.310 e. The molecule has 31 heavy (non-hydrogen) atoms. The predicted molar refractivity (Wildman–Crippen MR) is 104 cm³/mol. The summed E-state index contributed by atoms with van der Waals surface area (Å²) in [6.45, 7) is 0. The SMILES string of the molecule is O=C1OC2C(C3CCC(O)C(O)C3)[OH+]C3CC(O)CC4OC5C(O)C(O)CC1C5C2C43. The Morgan fingerprint density at radius 3 is 2.39 bits per heavy atom. The first-order valence-corrected chi connectivity index (χ1v) is 11.8. The van der Waals surface area contributed by atoms with Gasteiger partial charge in [-0.3, -0.25) is 4.79 Å². The highest BCUT2D eigenvalue weighted by atomic mass is 16.6. The average molecular weight is 441 g/mol. The van der Waals surface area contributed by atoms with Gasteiger partial charge < -0.3 is 39.7 Å². The van der Waals surface area contributed by atoms with Gasteiger partial charge in [0.25, 0.3) is 0 Å². The molecule has 174 valence electrons. The van der Waals surface area contributed by atoms with Crippen LogP contribution in [0, 0.1) is 29.6 Å². The number of carbonyl (C=O) groups is 1. The molecule has 3 aliphatic heterocycles. The van der Waals surface area contributed by atoms with Crippen LogP contribution >= 0.6 is 0 Å². The van der Waals surface area contributed by atoms with Crippen LogP contribution in [0.4, 0.5) is 0 Å². The van der Waals surface area contributed by atoms with Gasteiger partial charge in [0, 0.05) is 30.6 Å². The smallest absolute Gasteiger partial charge is 0.310 e. The van der Waals surface area contributed by atoms with E-state index in [-0.39, 0.29) is 54.4 Å². The molecule has 15 unspecified atom stereocenters. The van der Waals surface area contributed by atoms with E-state index in [1.165, 1.54) is 0 Å². The van der Waals surface area contributed by atoms with E-state index >= 15 is 0 Å². The molecule has 0 aromatic carbocycles. The highest BCUT2D eigenvalue weighted by molar-refractivity contribution is 5.74. The molecule has 6 fully saturated rings. The monoisotopic (exact) mass is 441 g/mol. The summed E-state index contributed by atoms with van der Waals surface area (Å²) in [5.74, 6) is -1.21. The highest BCUT2D eigenvalue weighted by Gasteiger charge is 2.70. The molecule has 6 aliphatic rings. The minimum atomic E-state index is -1.07. The Bertz CT molecular complexity index is 732. The third-order valence-electron chi connectivity index (χ3n) is 9.12. The molecule has 9 heteroatoms. The molecule has 6 N–H and O–H groups in total. The maximum atomic E-state index is 13.0. The number of esters is 1. The maximum absolute atomic E-state index is 13.0. The van der Waals surface area contributed by atoms with Crippen LogP contribution in [0.1, 0.15) is 38.5 Å². The minimum absolute atomic E-state index is 0.00282. The van der Waals surface area contributed by atoms with E-state index in [0.717, 1.165) is 0 Å². The van der Waals surface area contributed by atoms with Crippen LogP contribution in [0.2, 0.25) is 0 Å². The Morgan fingerprint density at radius 2 is 1.61 bits per heavy atom. The Morgan fingerprint density at radius 1 is 0.806 bits per heavy atom. The normalized spacial score (nSPS) is 60.7. The van der Waals surface area contributed by atoms with Gasteiger partial charge in [0.2, 0.25) is 0 Å². The molecule has 0 aromatic rings. The summed E-state index contributed by atoms with van der Waals surface area (Å²) in [4.78, 5) is 13.0. The van der Waals surface area contributed by atoms with Crippen LogP contribution in [0.5, 0.6) is 0 Å². The zero-order chi connectivity index (χ0) is 21.6. The third-order valence-corrected chi connectivity index (χ3v) is 9.12. The molecule has 0 bridgehead atoms.